The second-order valence-electron chi connectivity index (χ2n) is 5.00. The van der Waals surface area contributed by atoms with Crippen LogP contribution < -0.4 is 5.32 Å². The summed E-state index contributed by atoms with van der Waals surface area (Å²) in [6.07, 6.45) is 1.88. The molecule has 1 unspecified atom stereocenters. The van der Waals surface area contributed by atoms with Crippen LogP contribution in [0.1, 0.15) is 32.5 Å². The lowest BCUT2D eigenvalue weighted by atomic mass is 10.2. The number of nitrogens with zero attached hydrogens (tertiary/aromatic N) is 2. The third kappa shape index (κ3) is 3.87. The molecule has 1 N–H and O–H groups in total. The van der Waals surface area contributed by atoms with Gasteiger partial charge in [-0.2, -0.15) is 16.9 Å². The van der Waals surface area contributed by atoms with Gasteiger partial charge < -0.3 is 5.32 Å². The number of benzene rings is 1. The summed E-state index contributed by atoms with van der Waals surface area (Å²) in [6, 6.07) is 12.8. The van der Waals surface area contributed by atoms with Crippen LogP contribution in [-0.2, 0) is 0 Å². The zero-order valence-corrected chi connectivity index (χ0v) is 13.2. The molecule has 2 aromatic rings. The summed E-state index contributed by atoms with van der Waals surface area (Å²) in [4.78, 5) is 0. The maximum absolute atomic E-state index is 4.48. The molecule has 0 radical (unpaired) electrons. The Morgan fingerprint density at radius 1 is 1.20 bits per heavy atom. The van der Waals surface area contributed by atoms with Crippen LogP contribution in [0, 0.1) is 0 Å². The van der Waals surface area contributed by atoms with Gasteiger partial charge in [0.25, 0.3) is 0 Å². The van der Waals surface area contributed by atoms with E-state index in [0.29, 0.717) is 11.3 Å². The number of hydrogen-bond acceptors (Lipinski definition) is 3. The van der Waals surface area contributed by atoms with E-state index in [1.807, 2.05) is 40.8 Å². The zero-order chi connectivity index (χ0) is 14.4. The molecule has 2 rings (SSSR count). The number of thioether (sulfide) groups is 1. The molecular weight excluding hydrogens is 266 g/mol. The van der Waals surface area contributed by atoms with Crippen molar-refractivity contribution in [3.05, 3.63) is 48.3 Å². The summed E-state index contributed by atoms with van der Waals surface area (Å²) in [5.41, 5.74) is 2.34. The van der Waals surface area contributed by atoms with Crippen LogP contribution in [0.2, 0.25) is 0 Å². The molecule has 3 nitrogen and oxygen atoms in total. The minimum atomic E-state index is 0.329. The molecule has 0 aliphatic carbocycles. The fourth-order valence-electron chi connectivity index (χ4n) is 2.15. The third-order valence-electron chi connectivity index (χ3n) is 3.08. The van der Waals surface area contributed by atoms with Crippen molar-refractivity contribution in [3.63, 3.8) is 0 Å². The van der Waals surface area contributed by atoms with Gasteiger partial charge in [0.15, 0.2) is 0 Å². The quantitative estimate of drug-likeness (QED) is 0.843. The molecule has 0 aliphatic heterocycles. The van der Waals surface area contributed by atoms with E-state index in [4.69, 9.17) is 0 Å². The van der Waals surface area contributed by atoms with Crippen LogP contribution in [0.4, 0.5) is 0 Å². The molecule has 108 valence electrons. The van der Waals surface area contributed by atoms with Crippen molar-refractivity contribution in [3.8, 4) is 5.69 Å². The SMILES string of the molecule is CCNC(CSC(C)C)c1ccnn1-c1ccccc1. The Morgan fingerprint density at radius 3 is 2.60 bits per heavy atom. The van der Waals surface area contributed by atoms with E-state index in [0.717, 1.165) is 18.0 Å². The van der Waals surface area contributed by atoms with E-state index in [1.165, 1.54) is 5.69 Å². The zero-order valence-electron chi connectivity index (χ0n) is 12.4. The molecule has 1 aromatic carbocycles. The predicted octanol–water partition coefficient (Wildman–Crippen LogP) is 3.66. The predicted molar refractivity (Wildman–Crippen MR) is 87.6 cm³/mol. The second kappa shape index (κ2) is 7.50. The highest BCUT2D eigenvalue weighted by Crippen LogP contribution is 2.23. The maximum Gasteiger partial charge on any atom is 0.0649 e. The van der Waals surface area contributed by atoms with Gasteiger partial charge in [-0.05, 0) is 30.0 Å². The summed E-state index contributed by atoms with van der Waals surface area (Å²) in [6.45, 7) is 7.59. The lowest BCUT2D eigenvalue weighted by molar-refractivity contribution is 0.571. The summed E-state index contributed by atoms with van der Waals surface area (Å²) in [5, 5.41) is 8.70. The van der Waals surface area contributed by atoms with Crippen LogP contribution in [0.15, 0.2) is 42.6 Å². The van der Waals surface area contributed by atoms with Gasteiger partial charge in [-0.1, -0.05) is 39.0 Å². The van der Waals surface area contributed by atoms with Crippen molar-refractivity contribution in [1.82, 2.24) is 15.1 Å². The van der Waals surface area contributed by atoms with Gasteiger partial charge in [-0.25, -0.2) is 4.68 Å². The van der Waals surface area contributed by atoms with E-state index >= 15 is 0 Å². The van der Waals surface area contributed by atoms with Gasteiger partial charge in [-0.3, -0.25) is 0 Å². The summed E-state index contributed by atoms with van der Waals surface area (Å²) in [5.74, 6) is 1.06. The molecule has 1 heterocycles. The molecule has 4 heteroatoms. The van der Waals surface area contributed by atoms with E-state index in [-0.39, 0.29) is 0 Å². The molecule has 0 saturated heterocycles. The molecule has 0 aliphatic rings. The monoisotopic (exact) mass is 289 g/mol. The average molecular weight is 289 g/mol. The van der Waals surface area contributed by atoms with Crippen molar-refractivity contribution in [2.75, 3.05) is 12.3 Å². The average Bonchev–Trinajstić information content (AvgIpc) is 2.93. The molecule has 0 amide bonds. The van der Waals surface area contributed by atoms with Crippen LogP contribution in [0.25, 0.3) is 5.69 Å². The Balaban J connectivity index is 2.23. The van der Waals surface area contributed by atoms with Gasteiger partial charge in [0, 0.05) is 11.9 Å². The summed E-state index contributed by atoms with van der Waals surface area (Å²) in [7, 11) is 0. The third-order valence-corrected chi connectivity index (χ3v) is 4.27. The largest absolute Gasteiger partial charge is 0.308 e. The van der Waals surface area contributed by atoms with Crippen LogP contribution in [0.5, 0.6) is 0 Å². The first-order chi connectivity index (χ1) is 9.72. The minimum Gasteiger partial charge on any atom is -0.308 e. The number of aromatic nitrogens is 2. The van der Waals surface area contributed by atoms with Gasteiger partial charge in [0.05, 0.1) is 17.4 Å². The lowest BCUT2D eigenvalue weighted by Crippen LogP contribution is -2.26. The van der Waals surface area contributed by atoms with Crippen molar-refractivity contribution in [2.45, 2.75) is 32.1 Å². The van der Waals surface area contributed by atoms with E-state index in [2.05, 4.69) is 49.4 Å². The molecule has 0 bridgehead atoms. The maximum atomic E-state index is 4.48. The van der Waals surface area contributed by atoms with Crippen molar-refractivity contribution >= 4 is 11.8 Å². The number of hydrogen-bond donors (Lipinski definition) is 1. The molecule has 0 saturated carbocycles. The van der Waals surface area contributed by atoms with Crippen LogP contribution in [0.3, 0.4) is 0 Å². The van der Waals surface area contributed by atoms with Gasteiger partial charge in [0.1, 0.15) is 0 Å². The normalized spacial score (nSPS) is 12.8. The van der Waals surface area contributed by atoms with Crippen molar-refractivity contribution < 1.29 is 0 Å². The first kappa shape index (κ1) is 15.1. The van der Waals surface area contributed by atoms with E-state index in [1.54, 1.807) is 0 Å². The number of rotatable bonds is 7. The van der Waals surface area contributed by atoms with Gasteiger partial charge in [-0.15, -0.1) is 0 Å². The van der Waals surface area contributed by atoms with Crippen LogP contribution in [-0.4, -0.2) is 27.3 Å². The molecule has 1 aromatic heterocycles. The molecule has 0 fully saturated rings. The van der Waals surface area contributed by atoms with Gasteiger partial charge >= 0.3 is 0 Å². The van der Waals surface area contributed by atoms with Crippen molar-refractivity contribution in [2.24, 2.45) is 0 Å². The highest BCUT2D eigenvalue weighted by Gasteiger charge is 2.16. The standard InChI is InChI=1S/C16H23N3S/c1-4-17-15(12-20-13(2)3)16-10-11-18-19(16)14-8-6-5-7-9-14/h5-11,13,15,17H,4,12H2,1-3H3. The number of para-hydroxylation sites is 1. The number of nitrogens with one attached hydrogen (secondary N) is 1. The fraction of sp³-hybridized carbons (Fsp3) is 0.438. The Kier molecular flexibility index (Phi) is 5.68. The molecule has 1 atom stereocenters. The van der Waals surface area contributed by atoms with Gasteiger partial charge in [0.2, 0.25) is 0 Å². The van der Waals surface area contributed by atoms with Crippen molar-refractivity contribution in [1.29, 1.82) is 0 Å². The Morgan fingerprint density at radius 2 is 1.95 bits per heavy atom. The first-order valence-corrected chi connectivity index (χ1v) is 8.21. The second-order valence-corrected chi connectivity index (χ2v) is 6.61. The summed E-state index contributed by atoms with van der Waals surface area (Å²) >= 11 is 1.98. The highest BCUT2D eigenvalue weighted by molar-refractivity contribution is 7.99. The highest BCUT2D eigenvalue weighted by atomic mass is 32.2. The molecular formula is C16H23N3S. The Labute approximate surface area is 125 Å². The van der Waals surface area contributed by atoms with Crippen LogP contribution >= 0.6 is 11.8 Å². The lowest BCUT2D eigenvalue weighted by Gasteiger charge is -2.20. The Hall–Kier alpha value is -1.26. The molecule has 0 spiro atoms. The Bertz CT molecular complexity index is 507. The van der Waals surface area contributed by atoms with E-state index < -0.39 is 0 Å². The minimum absolute atomic E-state index is 0.329. The summed E-state index contributed by atoms with van der Waals surface area (Å²) < 4.78 is 2.04. The topological polar surface area (TPSA) is 29.9 Å². The van der Waals surface area contributed by atoms with E-state index in [9.17, 15) is 0 Å². The fourth-order valence-corrected chi connectivity index (χ4v) is 3.01. The molecule has 20 heavy (non-hydrogen) atoms. The smallest absolute Gasteiger partial charge is 0.0649 e. The first-order valence-electron chi connectivity index (χ1n) is 7.16.